The average Bonchev–Trinajstić information content (AvgIpc) is 2.39. The number of hydrogen-bond acceptors (Lipinski definition) is 2. The van der Waals surface area contributed by atoms with Crippen molar-refractivity contribution in [3.05, 3.63) is 63.1 Å². The van der Waals surface area contributed by atoms with Gasteiger partial charge in [0.1, 0.15) is 0 Å². The van der Waals surface area contributed by atoms with Gasteiger partial charge in [-0.05, 0) is 51.8 Å². The van der Waals surface area contributed by atoms with Crippen LogP contribution in [-0.2, 0) is 6.54 Å². The Bertz CT molecular complexity index is 618. The molecule has 0 bridgehead atoms. The van der Waals surface area contributed by atoms with Crippen molar-refractivity contribution in [3.63, 3.8) is 0 Å². The first-order valence-electron chi connectivity index (χ1n) is 5.57. The molecule has 0 aliphatic carbocycles. The molecule has 0 aliphatic heterocycles. The highest BCUT2D eigenvalue weighted by Gasteiger charge is 2.10. The highest BCUT2D eigenvalue weighted by molar-refractivity contribution is 9.10. The first-order chi connectivity index (χ1) is 9.06. The minimum absolute atomic E-state index is 0.150. The van der Waals surface area contributed by atoms with E-state index >= 15 is 0 Å². The Hall–Kier alpha value is -0.970. The molecule has 2 aromatic carbocycles. The Kier molecular flexibility index (Phi) is 4.91. The maximum atomic E-state index is 12.1. The van der Waals surface area contributed by atoms with Gasteiger partial charge in [0, 0.05) is 20.9 Å². The molecule has 19 heavy (non-hydrogen) atoms. The largest absolute Gasteiger partial charge is 0.348 e. The lowest BCUT2D eigenvalue weighted by atomic mass is 10.2. The van der Waals surface area contributed by atoms with E-state index in [-0.39, 0.29) is 5.91 Å². The standard InChI is InChI=1S/C14H11BrClNOS/c15-13-5-4-11(19)7-12(13)14(18)17-8-9-2-1-3-10(16)6-9/h1-7,19H,8H2,(H,17,18). The van der Waals surface area contributed by atoms with Gasteiger partial charge in [-0.2, -0.15) is 0 Å². The van der Waals surface area contributed by atoms with Gasteiger partial charge in [-0.1, -0.05) is 23.7 Å². The third-order valence-corrected chi connectivity index (χ3v) is 3.74. The molecular weight excluding hydrogens is 346 g/mol. The maximum absolute atomic E-state index is 12.1. The molecule has 1 N–H and O–H groups in total. The zero-order valence-corrected chi connectivity index (χ0v) is 13.1. The Morgan fingerprint density at radius 1 is 1.26 bits per heavy atom. The maximum Gasteiger partial charge on any atom is 0.252 e. The van der Waals surface area contributed by atoms with Gasteiger partial charge < -0.3 is 5.32 Å². The van der Waals surface area contributed by atoms with Gasteiger partial charge in [0.15, 0.2) is 0 Å². The minimum atomic E-state index is -0.150. The van der Waals surface area contributed by atoms with E-state index in [4.69, 9.17) is 11.6 Å². The van der Waals surface area contributed by atoms with Crippen LogP contribution in [0.2, 0.25) is 5.02 Å². The third kappa shape index (κ3) is 4.00. The molecule has 0 aromatic heterocycles. The van der Waals surface area contributed by atoms with Crippen molar-refractivity contribution >= 4 is 46.1 Å². The van der Waals surface area contributed by atoms with Crippen molar-refractivity contribution in [2.75, 3.05) is 0 Å². The van der Waals surface area contributed by atoms with Crippen LogP contribution in [0.5, 0.6) is 0 Å². The molecule has 0 atom stereocenters. The number of carbonyl (C=O) groups is 1. The number of carbonyl (C=O) groups excluding carboxylic acids is 1. The van der Waals surface area contributed by atoms with Crippen LogP contribution in [0.3, 0.4) is 0 Å². The summed E-state index contributed by atoms with van der Waals surface area (Å²) < 4.78 is 0.744. The zero-order valence-electron chi connectivity index (χ0n) is 9.86. The molecule has 0 spiro atoms. The summed E-state index contributed by atoms with van der Waals surface area (Å²) in [6.45, 7) is 0.433. The average molecular weight is 357 g/mol. The fourth-order valence-corrected chi connectivity index (χ4v) is 2.45. The summed E-state index contributed by atoms with van der Waals surface area (Å²) in [6.07, 6.45) is 0. The number of amides is 1. The summed E-state index contributed by atoms with van der Waals surface area (Å²) in [5.74, 6) is -0.150. The minimum Gasteiger partial charge on any atom is -0.348 e. The number of rotatable bonds is 3. The zero-order chi connectivity index (χ0) is 13.8. The van der Waals surface area contributed by atoms with Gasteiger partial charge in [0.05, 0.1) is 5.56 Å². The van der Waals surface area contributed by atoms with Crippen LogP contribution in [-0.4, -0.2) is 5.91 Å². The van der Waals surface area contributed by atoms with Gasteiger partial charge in [0.25, 0.3) is 5.91 Å². The molecule has 2 rings (SSSR count). The summed E-state index contributed by atoms with van der Waals surface area (Å²) in [5, 5.41) is 3.51. The number of nitrogens with one attached hydrogen (secondary N) is 1. The molecule has 0 unspecified atom stereocenters. The fraction of sp³-hybridized carbons (Fsp3) is 0.0714. The van der Waals surface area contributed by atoms with Crippen LogP contribution >= 0.6 is 40.2 Å². The molecule has 2 nitrogen and oxygen atoms in total. The number of halogens is 2. The lowest BCUT2D eigenvalue weighted by Crippen LogP contribution is -2.23. The molecule has 5 heteroatoms. The summed E-state index contributed by atoms with van der Waals surface area (Å²) in [7, 11) is 0. The Balaban J connectivity index is 2.07. The molecule has 98 valence electrons. The van der Waals surface area contributed by atoms with E-state index in [1.54, 1.807) is 18.2 Å². The first-order valence-corrected chi connectivity index (χ1v) is 7.19. The van der Waals surface area contributed by atoms with E-state index in [2.05, 4.69) is 33.9 Å². The van der Waals surface area contributed by atoms with E-state index in [1.807, 2.05) is 24.3 Å². The fourth-order valence-electron chi connectivity index (χ4n) is 1.61. The molecule has 0 fully saturated rings. The Morgan fingerprint density at radius 2 is 2.05 bits per heavy atom. The van der Waals surface area contributed by atoms with Gasteiger partial charge >= 0.3 is 0 Å². The highest BCUT2D eigenvalue weighted by atomic mass is 79.9. The molecule has 0 saturated carbocycles. The van der Waals surface area contributed by atoms with Gasteiger partial charge in [0.2, 0.25) is 0 Å². The SMILES string of the molecule is O=C(NCc1cccc(Cl)c1)c1cc(S)ccc1Br. The van der Waals surface area contributed by atoms with Crippen molar-refractivity contribution in [1.29, 1.82) is 0 Å². The molecule has 1 amide bonds. The molecule has 2 aromatic rings. The van der Waals surface area contributed by atoms with Crippen LogP contribution in [0.1, 0.15) is 15.9 Å². The number of hydrogen-bond donors (Lipinski definition) is 2. The van der Waals surface area contributed by atoms with E-state index in [0.29, 0.717) is 17.1 Å². The number of thiol groups is 1. The molecule has 0 saturated heterocycles. The van der Waals surface area contributed by atoms with Crippen molar-refractivity contribution in [3.8, 4) is 0 Å². The van der Waals surface area contributed by atoms with Crippen LogP contribution in [0.4, 0.5) is 0 Å². The topological polar surface area (TPSA) is 29.1 Å². The van der Waals surface area contributed by atoms with Gasteiger partial charge in [-0.15, -0.1) is 12.6 Å². The summed E-state index contributed by atoms with van der Waals surface area (Å²) in [5.41, 5.74) is 1.52. The smallest absolute Gasteiger partial charge is 0.252 e. The second kappa shape index (κ2) is 6.46. The van der Waals surface area contributed by atoms with Crippen molar-refractivity contribution in [2.45, 2.75) is 11.4 Å². The second-order valence-corrected chi connectivity index (χ2v) is 5.78. The van der Waals surface area contributed by atoms with Crippen molar-refractivity contribution in [1.82, 2.24) is 5.32 Å². The number of benzene rings is 2. The summed E-state index contributed by atoms with van der Waals surface area (Å²) in [4.78, 5) is 12.8. The predicted molar refractivity (Wildman–Crippen MR) is 84.0 cm³/mol. The van der Waals surface area contributed by atoms with Crippen LogP contribution in [0.25, 0.3) is 0 Å². The van der Waals surface area contributed by atoms with Gasteiger partial charge in [-0.25, -0.2) is 0 Å². The second-order valence-electron chi connectivity index (χ2n) is 3.98. The van der Waals surface area contributed by atoms with Crippen LogP contribution in [0, 0.1) is 0 Å². The molecule has 0 aliphatic rings. The highest BCUT2D eigenvalue weighted by Crippen LogP contribution is 2.20. The first kappa shape index (κ1) is 14.4. The predicted octanol–water partition coefficient (Wildman–Crippen LogP) is 4.32. The quantitative estimate of drug-likeness (QED) is 0.788. The van der Waals surface area contributed by atoms with Crippen LogP contribution in [0.15, 0.2) is 51.8 Å². The van der Waals surface area contributed by atoms with Gasteiger partial charge in [-0.3, -0.25) is 4.79 Å². The lowest BCUT2D eigenvalue weighted by Gasteiger charge is -2.08. The Labute approximate surface area is 130 Å². The molecular formula is C14H11BrClNOS. The lowest BCUT2D eigenvalue weighted by molar-refractivity contribution is 0.0950. The third-order valence-electron chi connectivity index (χ3n) is 2.54. The van der Waals surface area contributed by atoms with E-state index < -0.39 is 0 Å². The Morgan fingerprint density at radius 3 is 2.79 bits per heavy atom. The van der Waals surface area contributed by atoms with Crippen LogP contribution < -0.4 is 5.32 Å². The molecule has 0 radical (unpaired) electrons. The van der Waals surface area contributed by atoms with E-state index in [9.17, 15) is 4.79 Å². The molecule has 0 heterocycles. The summed E-state index contributed by atoms with van der Waals surface area (Å²) >= 11 is 13.5. The van der Waals surface area contributed by atoms with Crippen molar-refractivity contribution < 1.29 is 4.79 Å². The van der Waals surface area contributed by atoms with Crippen molar-refractivity contribution in [2.24, 2.45) is 0 Å². The normalized spacial score (nSPS) is 10.3. The van der Waals surface area contributed by atoms with E-state index in [1.165, 1.54) is 0 Å². The summed E-state index contributed by atoms with van der Waals surface area (Å²) in [6, 6.07) is 12.7. The monoisotopic (exact) mass is 355 g/mol. The van der Waals surface area contributed by atoms with E-state index in [0.717, 1.165) is 14.9 Å².